The average Bonchev–Trinajstić information content (AvgIpc) is 2.75. The van der Waals surface area contributed by atoms with Crippen LogP contribution >= 0.6 is 0 Å². The van der Waals surface area contributed by atoms with Crippen LogP contribution in [0.4, 0.5) is 5.95 Å². The zero-order valence-corrected chi connectivity index (χ0v) is 17.5. The van der Waals surface area contributed by atoms with Crippen LogP contribution in [0.5, 0.6) is 0 Å². The van der Waals surface area contributed by atoms with Crippen molar-refractivity contribution in [1.29, 1.82) is 0 Å². The van der Waals surface area contributed by atoms with Gasteiger partial charge in [-0.3, -0.25) is 9.79 Å². The van der Waals surface area contributed by atoms with Crippen LogP contribution in [-0.4, -0.2) is 72.5 Å². The number of nitrogens with one attached hydrogen (secondary N) is 2. The van der Waals surface area contributed by atoms with Crippen molar-refractivity contribution in [2.24, 2.45) is 10.9 Å². The Morgan fingerprint density at radius 2 is 1.79 bits per heavy atom. The van der Waals surface area contributed by atoms with Gasteiger partial charge in [0.1, 0.15) is 0 Å². The maximum atomic E-state index is 12.5. The summed E-state index contributed by atoms with van der Waals surface area (Å²) in [4.78, 5) is 29.8. The van der Waals surface area contributed by atoms with Gasteiger partial charge in [0.25, 0.3) is 0 Å². The van der Waals surface area contributed by atoms with Crippen LogP contribution in [0.3, 0.4) is 0 Å². The first-order chi connectivity index (χ1) is 13.7. The van der Waals surface area contributed by atoms with Crippen LogP contribution in [0.15, 0.2) is 23.5 Å². The van der Waals surface area contributed by atoms with Crippen LogP contribution in [0.25, 0.3) is 0 Å². The number of amides is 1. The molecule has 0 aliphatic carbocycles. The highest BCUT2D eigenvalue weighted by Crippen LogP contribution is 2.10. The fourth-order valence-corrected chi connectivity index (χ4v) is 3.17. The van der Waals surface area contributed by atoms with E-state index in [0.29, 0.717) is 32.0 Å². The third-order valence-corrected chi connectivity index (χ3v) is 5.11. The molecule has 8 nitrogen and oxygen atoms in total. The molecule has 1 aromatic heterocycles. The first-order valence-corrected chi connectivity index (χ1v) is 10.5. The monoisotopic (exact) mass is 389 g/mol. The lowest BCUT2D eigenvalue weighted by molar-refractivity contribution is -0.131. The molecule has 0 bridgehead atoms. The quantitative estimate of drug-likeness (QED) is 0.492. The second-order valence-corrected chi connectivity index (χ2v) is 7.00. The highest BCUT2D eigenvalue weighted by atomic mass is 16.2. The summed E-state index contributed by atoms with van der Waals surface area (Å²) < 4.78 is 0. The Kier molecular flexibility index (Phi) is 9.51. The van der Waals surface area contributed by atoms with Gasteiger partial charge in [-0.2, -0.15) is 0 Å². The zero-order valence-electron chi connectivity index (χ0n) is 17.5. The molecule has 0 radical (unpaired) electrons. The molecule has 28 heavy (non-hydrogen) atoms. The van der Waals surface area contributed by atoms with E-state index in [9.17, 15) is 4.79 Å². The number of aromatic nitrogens is 2. The first kappa shape index (κ1) is 21.9. The van der Waals surface area contributed by atoms with Crippen molar-refractivity contribution < 1.29 is 4.79 Å². The lowest BCUT2D eigenvalue weighted by atomic mass is 10.0. The molecule has 0 spiro atoms. The third kappa shape index (κ3) is 6.98. The molecule has 1 aliphatic rings. The Balaban J connectivity index is 1.73. The van der Waals surface area contributed by atoms with E-state index >= 15 is 0 Å². The smallest absolute Gasteiger partial charge is 0.225 e. The third-order valence-electron chi connectivity index (χ3n) is 5.11. The number of hydrogen-bond acceptors (Lipinski definition) is 5. The van der Waals surface area contributed by atoms with Crippen molar-refractivity contribution >= 4 is 17.8 Å². The summed E-state index contributed by atoms with van der Waals surface area (Å²) in [5.74, 6) is 2.33. The molecule has 1 amide bonds. The summed E-state index contributed by atoms with van der Waals surface area (Å²) in [6.07, 6.45) is 6.24. The van der Waals surface area contributed by atoms with Gasteiger partial charge in [0, 0.05) is 64.6 Å². The van der Waals surface area contributed by atoms with Gasteiger partial charge >= 0.3 is 0 Å². The van der Waals surface area contributed by atoms with Gasteiger partial charge in [-0.25, -0.2) is 9.97 Å². The van der Waals surface area contributed by atoms with E-state index in [4.69, 9.17) is 0 Å². The molecule has 1 fully saturated rings. The number of rotatable bonds is 9. The van der Waals surface area contributed by atoms with Crippen LogP contribution in [-0.2, 0) is 4.79 Å². The van der Waals surface area contributed by atoms with E-state index in [1.54, 1.807) is 12.4 Å². The van der Waals surface area contributed by atoms with Gasteiger partial charge in [0.05, 0.1) is 0 Å². The fourth-order valence-electron chi connectivity index (χ4n) is 3.17. The average molecular weight is 390 g/mol. The fraction of sp³-hybridized carbons (Fsp3) is 0.700. The van der Waals surface area contributed by atoms with E-state index < -0.39 is 0 Å². The molecule has 156 valence electrons. The maximum absolute atomic E-state index is 12.5. The number of carbonyl (C=O) groups is 1. The van der Waals surface area contributed by atoms with Crippen molar-refractivity contribution in [2.75, 3.05) is 50.7 Å². The lowest BCUT2D eigenvalue weighted by Crippen LogP contribution is -2.50. The Morgan fingerprint density at radius 3 is 2.39 bits per heavy atom. The van der Waals surface area contributed by atoms with E-state index in [1.165, 1.54) is 0 Å². The predicted octanol–water partition coefficient (Wildman–Crippen LogP) is 1.51. The molecule has 1 aromatic rings. The molecule has 1 aliphatic heterocycles. The van der Waals surface area contributed by atoms with Gasteiger partial charge in [0.15, 0.2) is 5.96 Å². The number of hydrogen-bond donors (Lipinski definition) is 2. The van der Waals surface area contributed by atoms with Gasteiger partial charge < -0.3 is 20.4 Å². The maximum Gasteiger partial charge on any atom is 0.225 e. The molecule has 2 heterocycles. The minimum absolute atomic E-state index is 0.178. The number of anilines is 1. The van der Waals surface area contributed by atoms with Gasteiger partial charge in [-0.1, -0.05) is 26.7 Å². The summed E-state index contributed by atoms with van der Waals surface area (Å²) in [5, 5.41) is 6.55. The van der Waals surface area contributed by atoms with Crippen molar-refractivity contribution in [3.8, 4) is 0 Å². The highest BCUT2D eigenvalue weighted by Gasteiger charge is 2.22. The molecule has 8 heteroatoms. The zero-order chi connectivity index (χ0) is 20.2. The van der Waals surface area contributed by atoms with Crippen LogP contribution < -0.4 is 15.5 Å². The van der Waals surface area contributed by atoms with E-state index in [-0.39, 0.29) is 5.91 Å². The molecule has 2 rings (SSSR count). The summed E-state index contributed by atoms with van der Waals surface area (Å²) in [6, 6.07) is 1.81. The Hall–Kier alpha value is -2.38. The molecule has 2 N–H and O–H groups in total. The summed E-state index contributed by atoms with van der Waals surface area (Å²) in [6.45, 7) is 11.6. The largest absolute Gasteiger partial charge is 0.357 e. The Labute approximate surface area is 168 Å². The van der Waals surface area contributed by atoms with Gasteiger partial charge in [-0.05, 0) is 18.9 Å². The summed E-state index contributed by atoms with van der Waals surface area (Å²) >= 11 is 0. The molecular formula is C20H35N7O. The van der Waals surface area contributed by atoms with Gasteiger partial charge in [-0.15, -0.1) is 0 Å². The molecule has 0 aromatic carbocycles. The second kappa shape index (κ2) is 12.2. The highest BCUT2D eigenvalue weighted by molar-refractivity contribution is 5.81. The predicted molar refractivity (Wildman–Crippen MR) is 113 cm³/mol. The number of piperazine rings is 1. The number of nitrogens with zero attached hydrogens (tertiary/aromatic N) is 5. The standard InChI is InChI=1S/C20H35N7O/c1-4-17(5-2)16-25-19(21-6-3)22-11-8-18(28)26-12-14-27(15-13-26)20-23-9-7-10-24-20/h7,9-10,17H,4-6,8,11-16H2,1-3H3,(H2,21,22,25). The molecule has 0 saturated carbocycles. The number of carbonyl (C=O) groups excluding carboxylic acids is 1. The van der Waals surface area contributed by atoms with Crippen molar-refractivity contribution in [3.05, 3.63) is 18.5 Å². The van der Waals surface area contributed by atoms with Crippen LogP contribution in [0.2, 0.25) is 0 Å². The minimum atomic E-state index is 0.178. The minimum Gasteiger partial charge on any atom is -0.357 e. The number of aliphatic imine (C=N–C) groups is 1. The van der Waals surface area contributed by atoms with E-state index in [2.05, 4.69) is 51.3 Å². The SMILES string of the molecule is CCNC(=NCC(CC)CC)NCCC(=O)N1CCN(c2ncccn2)CC1. The normalized spacial score (nSPS) is 15.1. The van der Waals surface area contributed by atoms with Crippen molar-refractivity contribution in [2.45, 2.75) is 40.0 Å². The van der Waals surface area contributed by atoms with Crippen LogP contribution in [0, 0.1) is 5.92 Å². The second-order valence-electron chi connectivity index (χ2n) is 7.00. The molecule has 0 unspecified atom stereocenters. The Morgan fingerprint density at radius 1 is 1.11 bits per heavy atom. The Bertz CT molecular complexity index is 596. The molecule has 0 atom stereocenters. The van der Waals surface area contributed by atoms with E-state index in [0.717, 1.165) is 50.9 Å². The molecular weight excluding hydrogens is 354 g/mol. The first-order valence-electron chi connectivity index (χ1n) is 10.5. The lowest BCUT2D eigenvalue weighted by Gasteiger charge is -2.34. The number of guanidine groups is 1. The van der Waals surface area contributed by atoms with Crippen molar-refractivity contribution in [3.63, 3.8) is 0 Å². The summed E-state index contributed by atoms with van der Waals surface area (Å²) in [7, 11) is 0. The van der Waals surface area contributed by atoms with Gasteiger partial charge in [0.2, 0.25) is 11.9 Å². The van der Waals surface area contributed by atoms with Crippen molar-refractivity contribution in [1.82, 2.24) is 25.5 Å². The molecule has 1 saturated heterocycles. The van der Waals surface area contributed by atoms with E-state index in [1.807, 2.05) is 11.0 Å². The summed E-state index contributed by atoms with van der Waals surface area (Å²) in [5.41, 5.74) is 0. The topological polar surface area (TPSA) is 85.8 Å². The van der Waals surface area contributed by atoms with Crippen LogP contribution in [0.1, 0.15) is 40.0 Å².